The molecular formula is C22H16F3N3O2. The Bertz CT molecular complexity index is 1170. The summed E-state index contributed by atoms with van der Waals surface area (Å²) in [5.74, 6) is -0.0868. The minimum atomic E-state index is -4.48. The van der Waals surface area contributed by atoms with Crippen LogP contribution in [0.5, 0.6) is 5.75 Å². The highest BCUT2D eigenvalue weighted by molar-refractivity contribution is 6.04. The topological polar surface area (TPSA) is 55.6 Å². The first-order valence-corrected chi connectivity index (χ1v) is 9.02. The Morgan fingerprint density at radius 1 is 1.03 bits per heavy atom. The van der Waals surface area contributed by atoms with Crippen molar-refractivity contribution >= 4 is 17.2 Å². The number of ether oxygens (including phenoxy) is 1. The SMILES string of the molecule is O=C(Nc1cccc(C(F)(F)F)c1)c1cccc(OCc2cn3ccccc3n2)c1. The van der Waals surface area contributed by atoms with E-state index in [1.807, 2.05) is 35.0 Å². The molecule has 0 bridgehead atoms. The lowest BCUT2D eigenvalue weighted by molar-refractivity contribution is -0.137. The van der Waals surface area contributed by atoms with E-state index in [0.717, 1.165) is 23.5 Å². The van der Waals surface area contributed by atoms with Crippen molar-refractivity contribution in [2.75, 3.05) is 5.32 Å². The van der Waals surface area contributed by atoms with Crippen LogP contribution in [0.4, 0.5) is 18.9 Å². The first-order chi connectivity index (χ1) is 14.4. The first-order valence-electron chi connectivity index (χ1n) is 9.02. The average Bonchev–Trinajstić information content (AvgIpc) is 3.15. The average molecular weight is 411 g/mol. The zero-order chi connectivity index (χ0) is 21.1. The van der Waals surface area contributed by atoms with Crippen LogP contribution in [0.2, 0.25) is 0 Å². The molecule has 152 valence electrons. The summed E-state index contributed by atoms with van der Waals surface area (Å²) in [7, 11) is 0. The van der Waals surface area contributed by atoms with Gasteiger partial charge in [0.15, 0.2) is 0 Å². The highest BCUT2D eigenvalue weighted by Crippen LogP contribution is 2.30. The second-order valence-corrected chi connectivity index (χ2v) is 6.55. The Morgan fingerprint density at radius 2 is 1.87 bits per heavy atom. The number of carbonyl (C=O) groups excluding carboxylic acids is 1. The van der Waals surface area contributed by atoms with Gasteiger partial charge in [-0.3, -0.25) is 4.79 Å². The standard InChI is InChI=1S/C22H16F3N3O2/c23-22(24,25)16-6-4-7-17(12-16)27-21(29)15-5-3-8-19(11-15)30-14-18-13-28-10-2-1-9-20(28)26-18/h1-13H,14H2,(H,27,29). The molecule has 2 heterocycles. The Kier molecular flexibility index (Phi) is 5.14. The van der Waals surface area contributed by atoms with Gasteiger partial charge in [-0.1, -0.05) is 18.2 Å². The predicted octanol–water partition coefficient (Wildman–Crippen LogP) is 5.18. The maximum absolute atomic E-state index is 12.8. The van der Waals surface area contributed by atoms with Crippen molar-refractivity contribution in [3.63, 3.8) is 0 Å². The van der Waals surface area contributed by atoms with Crippen molar-refractivity contribution in [1.82, 2.24) is 9.38 Å². The van der Waals surface area contributed by atoms with Gasteiger partial charge >= 0.3 is 6.18 Å². The zero-order valence-corrected chi connectivity index (χ0v) is 15.6. The lowest BCUT2D eigenvalue weighted by atomic mass is 10.1. The monoisotopic (exact) mass is 411 g/mol. The predicted molar refractivity (Wildman–Crippen MR) is 105 cm³/mol. The fourth-order valence-corrected chi connectivity index (χ4v) is 2.92. The van der Waals surface area contributed by atoms with Crippen LogP contribution in [0.25, 0.3) is 5.65 Å². The van der Waals surface area contributed by atoms with E-state index in [2.05, 4.69) is 10.3 Å². The molecule has 0 saturated carbocycles. The van der Waals surface area contributed by atoms with Crippen LogP contribution in [0.3, 0.4) is 0 Å². The van der Waals surface area contributed by atoms with Gasteiger partial charge in [0.25, 0.3) is 5.91 Å². The lowest BCUT2D eigenvalue weighted by Crippen LogP contribution is -2.13. The molecule has 1 amide bonds. The summed E-state index contributed by atoms with van der Waals surface area (Å²) in [5.41, 5.74) is 1.01. The molecule has 0 saturated heterocycles. The van der Waals surface area contributed by atoms with Gasteiger partial charge in [-0.2, -0.15) is 13.2 Å². The van der Waals surface area contributed by atoms with Gasteiger partial charge in [-0.15, -0.1) is 0 Å². The number of benzene rings is 2. The number of aromatic nitrogens is 2. The molecule has 8 heteroatoms. The Balaban J connectivity index is 1.44. The molecule has 2 aromatic heterocycles. The maximum Gasteiger partial charge on any atom is 0.416 e. The van der Waals surface area contributed by atoms with E-state index in [1.165, 1.54) is 18.2 Å². The Morgan fingerprint density at radius 3 is 2.67 bits per heavy atom. The van der Waals surface area contributed by atoms with Crippen LogP contribution in [-0.4, -0.2) is 15.3 Å². The van der Waals surface area contributed by atoms with Crippen molar-refractivity contribution in [3.05, 3.63) is 95.9 Å². The van der Waals surface area contributed by atoms with Gasteiger partial charge in [-0.05, 0) is 48.5 Å². The number of anilines is 1. The van der Waals surface area contributed by atoms with Crippen LogP contribution in [-0.2, 0) is 12.8 Å². The number of pyridine rings is 1. The van der Waals surface area contributed by atoms with Gasteiger partial charge < -0.3 is 14.5 Å². The molecule has 4 rings (SSSR count). The van der Waals surface area contributed by atoms with Crippen LogP contribution < -0.4 is 10.1 Å². The van der Waals surface area contributed by atoms with Crippen LogP contribution >= 0.6 is 0 Å². The van der Waals surface area contributed by atoms with E-state index in [1.54, 1.807) is 18.2 Å². The number of hydrogen-bond acceptors (Lipinski definition) is 3. The van der Waals surface area contributed by atoms with Gasteiger partial charge in [0.1, 0.15) is 18.0 Å². The van der Waals surface area contributed by atoms with Crippen molar-refractivity contribution in [2.45, 2.75) is 12.8 Å². The maximum atomic E-state index is 12.8. The number of hydrogen-bond donors (Lipinski definition) is 1. The van der Waals surface area contributed by atoms with E-state index in [9.17, 15) is 18.0 Å². The number of nitrogens with one attached hydrogen (secondary N) is 1. The number of alkyl halides is 3. The summed E-state index contributed by atoms with van der Waals surface area (Å²) in [5, 5.41) is 2.48. The van der Waals surface area contributed by atoms with E-state index >= 15 is 0 Å². The molecule has 0 radical (unpaired) electrons. The summed E-state index contributed by atoms with van der Waals surface area (Å²) in [6, 6.07) is 16.6. The van der Waals surface area contributed by atoms with Crippen LogP contribution in [0, 0.1) is 0 Å². The highest BCUT2D eigenvalue weighted by atomic mass is 19.4. The largest absolute Gasteiger partial charge is 0.487 e. The summed E-state index contributed by atoms with van der Waals surface area (Å²) in [4.78, 5) is 16.9. The number of fused-ring (bicyclic) bond motifs is 1. The third kappa shape index (κ3) is 4.43. The van der Waals surface area contributed by atoms with Gasteiger partial charge in [0, 0.05) is 23.6 Å². The molecule has 2 aromatic carbocycles. The van der Waals surface area contributed by atoms with Crippen molar-refractivity contribution in [2.24, 2.45) is 0 Å². The minimum Gasteiger partial charge on any atom is -0.487 e. The molecule has 30 heavy (non-hydrogen) atoms. The van der Waals surface area contributed by atoms with Gasteiger partial charge in [0.2, 0.25) is 0 Å². The van der Waals surface area contributed by atoms with Crippen molar-refractivity contribution < 1.29 is 22.7 Å². The van der Waals surface area contributed by atoms with Crippen LogP contribution in [0.1, 0.15) is 21.6 Å². The second kappa shape index (κ2) is 7.90. The Hall–Kier alpha value is -3.81. The van der Waals surface area contributed by atoms with Crippen LogP contribution in [0.15, 0.2) is 79.1 Å². The number of rotatable bonds is 5. The van der Waals surface area contributed by atoms with Gasteiger partial charge in [-0.25, -0.2) is 4.98 Å². The minimum absolute atomic E-state index is 0.0610. The third-order valence-electron chi connectivity index (χ3n) is 4.34. The molecular weight excluding hydrogens is 395 g/mol. The molecule has 5 nitrogen and oxygen atoms in total. The molecule has 0 aliphatic heterocycles. The van der Waals surface area contributed by atoms with E-state index in [4.69, 9.17) is 4.74 Å². The summed E-state index contributed by atoms with van der Waals surface area (Å²) in [6.07, 6.45) is -0.753. The number of imidazole rings is 1. The zero-order valence-electron chi connectivity index (χ0n) is 15.6. The summed E-state index contributed by atoms with van der Waals surface area (Å²) >= 11 is 0. The van der Waals surface area contributed by atoms with Crippen molar-refractivity contribution in [3.8, 4) is 5.75 Å². The van der Waals surface area contributed by atoms with E-state index in [0.29, 0.717) is 5.75 Å². The molecule has 0 aliphatic rings. The Labute approximate surface area is 169 Å². The fraction of sp³-hybridized carbons (Fsp3) is 0.0909. The normalized spacial score (nSPS) is 11.4. The molecule has 1 N–H and O–H groups in total. The second-order valence-electron chi connectivity index (χ2n) is 6.55. The molecule has 4 aromatic rings. The van der Waals surface area contributed by atoms with Crippen molar-refractivity contribution in [1.29, 1.82) is 0 Å². The smallest absolute Gasteiger partial charge is 0.416 e. The highest BCUT2D eigenvalue weighted by Gasteiger charge is 2.30. The number of halogens is 3. The van der Waals surface area contributed by atoms with E-state index < -0.39 is 17.6 Å². The molecule has 0 spiro atoms. The summed E-state index contributed by atoms with van der Waals surface area (Å²) in [6.45, 7) is 0.209. The number of nitrogens with zero attached hydrogens (tertiary/aromatic N) is 2. The summed E-state index contributed by atoms with van der Waals surface area (Å²) < 4.78 is 46.1. The number of carbonyl (C=O) groups is 1. The third-order valence-corrected chi connectivity index (χ3v) is 4.34. The lowest BCUT2D eigenvalue weighted by Gasteiger charge is -2.10. The molecule has 0 unspecified atom stereocenters. The molecule has 0 aliphatic carbocycles. The first kappa shape index (κ1) is 19.5. The molecule has 0 atom stereocenters. The van der Waals surface area contributed by atoms with Gasteiger partial charge in [0.05, 0.1) is 11.3 Å². The fourth-order valence-electron chi connectivity index (χ4n) is 2.92. The number of amides is 1. The van der Waals surface area contributed by atoms with E-state index in [-0.39, 0.29) is 17.9 Å². The quantitative estimate of drug-likeness (QED) is 0.492. The molecule has 0 fully saturated rings.